The standard InChI is InChI=1S/C13H12N2O3/c1-2-18-13(17)12(16)10-4-3-5-11(8-10)15-7-6-14-9-15/h3-9H,2H2,1H3. The number of benzene rings is 1. The first kappa shape index (κ1) is 12.0. The number of hydrogen-bond donors (Lipinski definition) is 0. The molecule has 0 radical (unpaired) electrons. The molecule has 0 saturated heterocycles. The number of carbonyl (C=O) groups excluding carboxylic acids is 2. The smallest absolute Gasteiger partial charge is 0.379 e. The molecule has 0 fully saturated rings. The van der Waals surface area contributed by atoms with Crippen molar-refractivity contribution >= 4 is 11.8 Å². The molecular formula is C13H12N2O3. The van der Waals surface area contributed by atoms with E-state index in [2.05, 4.69) is 9.72 Å². The van der Waals surface area contributed by atoms with Crippen LogP contribution in [-0.2, 0) is 9.53 Å². The third-order valence-corrected chi connectivity index (χ3v) is 2.37. The van der Waals surface area contributed by atoms with Crippen molar-refractivity contribution in [3.63, 3.8) is 0 Å². The zero-order valence-corrected chi connectivity index (χ0v) is 9.87. The molecule has 0 spiro atoms. The minimum absolute atomic E-state index is 0.186. The third kappa shape index (κ3) is 2.45. The highest BCUT2D eigenvalue weighted by atomic mass is 16.5. The quantitative estimate of drug-likeness (QED) is 0.466. The number of rotatable bonds is 4. The molecule has 0 aliphatic carbocycles. The predicted octanol–water partition coefficient (Wildman–Crippen LogP) is 1.62. The Morgan fingerprint density at radius 3 is 2.89 bits per heavy atom. The minimum atomic E-state index is -0.833. The van der Waals surface area contributed by atoms with Gasteiger partial charge in [0.05, 0.1) is 12.9 Å². The van der Waals surface area contributed by atoms with Crippen LogP contribution in [0.3, 0.4) is 0 Å². The maximum absolute atomic E-state index is 11.8. The van der Waals surface area contributed by atoms with Crippen molar-refractivity contribution in [3.8, 4) is 5.69 Å². The molecule has 0 N–H and O–H groups in total. The number of nitrogens with zero attached hydrogens (tertiary/aromatic N) is 2. The summed E-state index contributed by atoms with van der Waals surface area (Å²) in [4.78, 5) is 27.0. The Balaban J connectivity index is 2.28. The van der Waals surface area contributed by atoms with Crippen LogP contribution >= 0.6 is 0 Å². The molecule has 0 amide bonds. The summed E-state index contributed by atoms with van der Waals surface area (Å²) in [5, 5.41) is 0. The number of aromatic nitrogens is 2. The number of Topliss-reactive ketones (excluding diaryl/α,β-unsaturated/α-hetero) is 1. The first-order chi connectivity index (χ1) is 8.72. The van der Waals surface area contributed by atoms with Crippen molar-refractivity contribution in [2.75, 3.05) is 6.61 Å². The van der Waals surface area contributed by atoms with Crippen molar-refractivity contribution in [2.24, 2.45) is 0 Å². The highest BCUT2D eigenvalue weighted by Gasteiger charge is 2.17. The molecule has 0 atom stereocenters. The van der Waals surface area contributed by atoms with Crippen LogP contribution in [0.1, 0.15) is 17.3 Å². The van der Waals surface area contributed by atoms with E-state index in [4.69, 9.17) is 0 Å². The van der Waals surface area contributed by atoms with Gasteiger partial charge in [-0.3, -0.25) is 4.79 Å². The summed E-state index contributed by atoms with van der Waals surface area (Å²) in [6, 6.07) is 6.74. The summed E-state index contributed by atoms with van der Waals surface area (Å²) < 4.78 is 6.43. The van der Waals surface area contributed by atoms with Crippen LogP contribution in [0.15, 0.2) is 43.0 Å². The largest absolute Gasteiger partial charge is 0.460 e. The van der Waals surface area contributed by atoms with E-state index in [1.807, 2.05) is 6.07 Å². The molecule has 0 unspecified atom stereocenters. The maximum atomic E-state index is 11.8. The monoisotopic (exact) mass is 244 g/mol. The van der Waals surface area contributed by atoms with Gasteiger partial charge in [-0.05, 0) is 19.1 Å². The van der Waals surface area contributed by atoms with E-state index in [1.54, 1.807) is 48.4 Å². The molecule has 0 saturated carbocycles. The van der Waals surface area contributed by atoms with Crippen molar-refractivity contribution in [2.45, 2.75) is 6.92 Å². The van der Waals surface area contributed by atoms with E-state index in [0.29, 0.717) is 5.56 Å². The molecule has 1 aromatic carbocycles. The number of carbonyl (C=O) groups is 2. The molecule has 2 rings (SSSR count). The van der Waals surface area contributed by atoms with Crippen molar-refractivity contribution < 1.29 is 14.3 Å². The van der Waals surface area contributed by atoms with Gasteiger partial charge in [0.15, 0.2) is 0 Å². The first-order valence-electron chi connectivity index (χ1n) is 5.52. The molecule has 0 aliphatic rings. The highest BCUT2D eigenvalue weighted by Crippen LogP contribution is 2.11. The van der Waals surface area contributed by atoms with Gasteiger partial charge in [-0.2, -0.15) is 0 Å². The number of imidazole rings is 1. The van der Waals surface area contributed by atoms with Gasteiger partial charge in [0.2, 0.25) is 0 Å². The van der Waals surface area contributed by atoms with Crippen LogP contribution in [-0.4, -0.2) is 27.9 Å². The van der Waals surface area contributed by atoms with Crippen molar-refractivity contribution in [1.82, 2.24) is 9.55 Å². The summed E-state index contributed by atoms with van der Waals surface area (Å²) in [5.41, 5.74) is 1.07. The number of esters is 1. The third-order valence-electron chi connectivity index (χ3n) is 2.37. The Kier molecular flexibility index (Phi) is 3.52. The second-order valence-corrected chi connectivity index (χ2v) is 3.57. The molecule has 5 nitrogen and oxygen atoms in total. The Morgan fingerprint density at radius 1 is 1.39 bits per heavy atom. The minimum Gasteiger partial charge on any atom is -0.460 e. The van der Waals surface area contributed by atoms with Crippen LogP contribution < -0.4 is 0 Å². The van der Waals surface area contributed by atoms with Gasteiger partial charge < -0.3 is 9.30 Å². The van der Waals surface area contributed by atoms with Crippen LogP contribution in [0.4, 0.5) is 0 Å². The zero-order valence-electron chi connectivity index (χ0n) is 9.87. The molecule has 2 aromatic rings. The van der Waals surface area contributed by atoms with E-state index in [9.17, 15) is 9.59 Å². The fourth-order valence-electron chi connectivity index (χ4n) is 1.53. The lowest BCUT2D eigenvalue weighted by Crippen LogP contribution is -2.17. The van der Waals surface area contributed by atoms with E-state index in [-0.39, 0.29) is 6.61 Å². The Morgan fingerprint density at radius 2 is 2.22 bits per heavy atom. The summed E-state index contributed by atoms with van der Waals surface area (Å²) in [6.07, 6.45) is 5.02. The fourth-order valence-corrected chi connectivity index (χ4v) is 1.53. The summed E-state index contributed by atoms with van der Waals surface area (Å²) in [5.74, 6) is -1.47. The second kappa shape index (κ2) is 5.27. The van der Waals surface area contributed by atoms with E-state index >= 15 is 0 Å². The van der Waals surface area contributed by atoms with E-state index < -0.39 is 11.8 Å². The zero-order chi connectivity index (χ0) is 13.0. The molecule has 0 aliphatic heterocycles. The van der Waals surface area contributed by atoms with E-state index in [0.717, 1.165) is 5.69 Å². The van der Waals surface area contributed by atoms with Crippen LogP contribution in [0.25, 0.3) is 5.69 Å². The fraction of sp³-hybridized carbons (Fsp3) is 0.154. The average Bonchev–Trinajstić information content (AvgIpc) is 2.92. The average molecular weight is 244 g/mol. The predicted molar refractivity (Wildman–Crippen MR) is 64.5 cm³/mol. The Hall–Kier alpha value is -2.43. The molecule has 1 aromatic heterocycles. The Bertz CT molecular complexity index is 561. The van der Waals surface area contributed by atoms with Gasteiger partial charge in [-0.15, -0.1) is 0 Å². The van der Waals surface area contributed by atoms with Crippen molar-refractivity contribution in [1.29, 1.82) is 0 Å². The van der Waals surface area contributed by atoms with Gasteiger partial charge in [0.1, 0.15) is 0 Å². The molecular weight excluding hydrogens is 232 g/mol. The lowest BCUT2D eigenvalue weighted by Gasteiger charge is -2.05. The molecule has 1 heterocycles. The van der Waals surface area contributed by atoms with Crippen molar-refractivity contribution in [3.05, 3.63) is 48.5 Å². The lowest BCUT2D eigenvalue weighted by atomic mass is 10.1. The van der Waals surface area contributed by atoms with Gasteiger partial charge >= 0.3 is 5.97 Å². The summed E-state index contributed by atoms with van der Waals surface area (Å²) in [7, 11) is 0. The van der Waals surface area contributed by atoms with Crippen LogP contribution in [0.5, 0.6) is 0 Å². The highest BCUT2D eigenvalue weighted by molar-refractivity contribution is 6.40. The summed E-state index contributed by atoms with van der Waals surface area (Å²) in [6.45, 7) is 1.85. The number of hydrogen-bond acceptors (Lipinski definition) is 4. The first-order valence-corrected chi connectivity index (χ1v) is 5.52. The van der Waals surface area contributed by atoms with Crippen LogP contribution in [0, 0.1) is 0 Å². The van der Waals surface area contributed by atoms with Gasteiger partial charge in [0, 0.05) is 23.6 Å². The van der Waals surface area contributed by atoms with Gasteiger partial charge in [-0.1, -0.05) is 12.1 Å². The molecule has 92 valence electrons. The molecule has 0 bridgehead atoms. The SMILES string of the molecule is CCOC(=O)C(=O)c1cccc(-n2ccnc2)c1. The summed E-state index contributed by atoms with van der Waals surface area (Å²) >= 11 is 0. The number of ether oxygens (including phenoxy) is 1. The van der Waals surface area contributed by atoms with Gasteiger partial charge in [0.25, 0.3) is 5.78 Å². The normalized spacial score (nSPS) is 10.1. The number of ketones is 1. The topological polar surface area (TPSA) is 61.2 Å². The Labute approximate surface area is 104 Å². The van der Waals surface area contributed by atoms with Gasteiger partial charge in [-0.25, -0.2) is 9.78 Å². The molecule has 18 heavy (non-hydrogen) atoms. The van der Waals surface area contributed by atoms with Crippen LogP contribution in [0.2, 0.25) is 0 Å². The maximum Gasteiger partial charge on any atom is 0.379 e. The molecule has 5 heteroatoms. The second-order valence-electron chi connectivity index (χ2n) is 3.57. The lowest BCUT2D eigenvalue weighted by molar-refractivity contribution is -0.137. The van der Waals surface area contributed by atoms with E-state index in [1.165, 1.54) is 0 Å².